The standard InChI is InChI=1S/C13H18ClF2NO3S/c1-10(17-21(18,19)8-3-2-7-14)11-5-4-6-12(9-11)20-13(15)16/h4-6,9-10,13,17H,2-3,7-8H2,1H3. The average molecular weight is 342 g/mol. The minimum atomic E-state index is -3.43. The van der Waals surface area contributed by atoms with Gasteiger partial charge in [0, 0.05) is 11.9 Å². The first kappa shape index (κ1) is 18.1. The van der Waals surface area contributed by atoms with Gasteiger partial charge in [-0.3, -0.25) is 0 Å². The fraction of sp³-hybridized carbons (Fsp3) is 0.538. The number of nitrogens with one attached hydrogen (secondary N) is 1. The van der Waals surface area contributed by atoms with Gasteiger partial charge < -0.3 is 4.74 Å². The second kappa shape index (κ2) is 8.51. The Balaban J connectivity index is 2.68. The van der Waals surface area contributed by atoms with Crippen LogP contribution in [0.3, 0.4) is 0 Å². The Morgan fingerprint density at radius 3 is 2.67 bits per heavy atom. The minimum absolute atomic E-state index is 0.00399. The highest BCUT2D eigenvalue weighted by atomic mass is 35.5. The number of rotatable bonds is 9. The highest BCUT2D eigenvalue weighted by Crippen LogP contribution is 2.21. The summed E-state index contributed by atoms with van der Waals surface area (Å²) in [5, 5.41) is 0. The predicted octanol–water partition coefficient (Wildman–Crippen LogP) is 3.29. The zero-order valence-corrected chi connectivity index (χ0v) is 13.1. The third-order valence-electron chi connectivity index (χ3n) is 2.74. The summed E-state index contributed by atoms with van der Waals surface area (Å²) in [7, 11) is -3.43. The lowest BCUT2D eigenvalue weighted by atomic mass is 10.1. The van der Waals surface area contributed by atoms with E-state index < -0.39 is 22.7 Å². The van der Waals surface area contributed by atoms with Crippen molar-refractivity contribution in [1.29, 1.82) is 0 Å². The van der Waals surface area contributed by atoms with Gasteiger partial charge in [0.2, 0.25) is 10.0 Å². The molecule has 1 N–H and O–H groups in total. The van der Waals surface area contributed by atoms with E-state index in [1.165, 1.54) is 18.2 Å². The molecule has 1 aromatic rings. The van der Waals surface area contributed by atoms with E-state index in [9.17, 15) is 17.2 Å². The minimum Gasteiger partial charge on any atom is -0.435 e. The average Bonchev–Trinajstić information content (AvgIpc) is 2.37. The van der Waals surface area contributed by atoms with Crippen LogP contribution in [-0.4, -0.2) is 26.7 Å². The molecule has 1 unspecified atom stereocenters. The molecule has 0 bridgehead atoms. The molecule has 4 nitrogen and oxygen atoms in total. The van der Waals surface area contributed by atoms with Crippen molar-refractivity contribution in [2.45, 2.75) is 32.4 Å². The molecular formula is C13H18ClF2NO3S. The Bertz CT molecular complexity index is 540. The number of hydrogen-bond acceptors (Lipinski definition) is 3. The van der Waals surface area contributed by atoms with Crippen molar-refractivity contribution in [3.63, 3.8) is 0 Å². The number of alkyl halides is 3. The molecule has 0 amide bonds. The van der Waals surface area contributed by atoms with Gasteiger partial charge in [-0.15, -0.1) is 11.6 Å². The number of hydrogen-bond donors (Lipinski definition) is 1. The second-order valence-corrected chi connectivity index (χ2v) is 6.76. The summed E-state index contributed by atoms with van der Waals surface area (Å²) in [5.41, 5.74) is 0.550. The molecule has 120 valence electrons. The van der Waals surface area contributed by atoms with Crippen molar-refractivity contribution in [2.75, 3.05) is 11.6 Å². The molecule has 0 aliphatic heterocycles. The summed E-state index contributed by atoms with van der Waals surface area (Å²) in [4.78, 5) is 0. The van der Waals surface area contributed by atoms with E-state index in [1.807, 2.05) is 0 Å². The van der Waals surface area contributed by atoms with Crippen molar-refractivity contribution < 1.29 is 21.9 Å². The summed E-state index contributed by atoms with van der Waals surface area (Å²) in [6, 6.07) is 5.41. The van der Waals surface area contributed by atoms with Gasteiger partial charge >= 0.3 is 6.61 Å². The van der Waals surface area contributed by atoms with Crippen LogP contribution in [0.1, 0.15) is 31.4 Å². The fourth-order valence-corrected chi connectivity index (χ4v) is 3.31. The van der Waals surface area contributed by atoms with E-state index in [4.69, 9.17) is 11.6 Å². The van der Waals surface area contributed by atoms with E-state index in [2.05, 4.69) is 9.46 Å². The van der Waals surface area contributed by atoms with Crippen LogP contribution in [0.4, 0.5) is 8.78 Å². The van der Waals surface area contributed by atoms with E-state index in [0.29, 0.717) is 24.3 Å². The van der Waals surface area contributed by atoms with Gasteiger partial charge in [-0.05, 0) is 37.5 Å². The number of halogens is 3. The smallest absolute Gasteiger partial charge is 0.387 e. The number of benzene rings is 1. The third kappa shape index (κ3) is 7.06. The van der Waals surface area contributed by atoms with E-state index in [0.717, 1.165) is 0 Å². The van der Waals surface area contributed by atoms with E-state index >= 15 is 0 Å². The number of unbranched alkanes of at least 4 members (excludes halogenated alkanes) is 1. The van der Waals surface area contributed by atoms with Crippen LogP contribution >= 0.6 is 11.6 Å². The lowest BCUT2D eigenvalue weighted by Crippen LogP contribution is -2.29. The Kier molecular flexibility index (Phi) is 7.34. The molecule has 0 aliphatic rings. The molecule has 0 radical (unpaired) electrons. The number of ether oxygens (including phenoxy) is 1. The van der Waals surface area contributed by atoms with Crippen LogP contribution in [-0.2, 0) is 10.0 Å². The van der Waals surface area contributed by atoms with Gasteiger partial charge in [0.15, 0.2) is 0 Å². The second-order valence-electron chi connectivity index (χ2n) is 4.51. The number of sulfonamides is 1. The highest BCUT2D eigenvalue weighted by molar-refractivity contribution is 7.89. The predicted molar refractivity (Wildman–Crippen MR) is 78.4 cm³/mol. The quantitative estimate of drug-likeness (QED) is 0.554. The lowest BCUT2D eigenvalue weighted by Gasteiger charge is -2.15. The zero-order chi connectivity index (χ0) is 15.9. The molecule has 0 aliphatic carbocycles. The lowest BCUT2D eigenvalue weighted by molar-refractivity contribution is -0.0499. The molecule has 0 spiro atoms. The first-order valence-corrected chi connectivity index (χ1v) is 8.63. The van der Waals surface area contributed by atoms with Crippen LogP contribution in [0.5, 0.6) is 5.75 Å². The first-order valence-electron chi connectivity index (χ1n) is 6.45. The van der Waals surface area contributed by atoms with Crippen molar-refractivity contribution >= 4 is 21.6 Å². The van der Waals surface area contributed by atoms with Crippen LogP contribution < -0.4 is 9.46 Å². The summed E-state index contributed by atoms with van der Waals surface area (Å²) < 4.78 is 54.8. The Hall–Kier alpha value is -0.920. The maximum absolute atomic E-state index is 12.2. The first-order chi connectivity index (χ1) is 9.84. The molecule has 0 saturated carbocycles. The highest BCUT2D eigenvalue weighted by Gasteiger charge is 2.16. The fourth-order valence-electron chi connectivity index (χ4n) is 1.74. The van der Waals surface area contributed by atoms with E-state index in [-0.39, 0.29) is 11.5 Å². The molecule has 21 heavy (non-hydrogen) atoms. The monoisotopic (exact) mass is 341 g/mol. The molecule has 1 rings (SSSR count). The largest absolute Gasteiger partial charge is 0.435 e. The topological polar surface area (TPSA) is 55.4 Å². The SMILES string of the molecule is CC(NS(=O)(=O)CCCCCl)c1cccc(OC(F)F)c1. The van der Waals surface area contributed by atoms with Gasteiger partial charge in [0.05, 0.1) is 5.75 Å². The molecule has 8 heteroatoms. The van der Waals surface area contributed by atoms with Crippen molar-refractivity contribution in [1.82, 2.24) is 4.72 Å². The molecule has 1 aromatic carbocycles. The van der Waals surface area contributed by atoms with Crippen LogP contribution in [0.25, 0.3) is 0 Å². The molecule has 0 aromatic heterocycles. The van der Waals surface area contributed by atoms with Crippen LogP contribution in [0, 0.1) is 0 Å². The molecule has 1 atom stereocenters. The summed E-state index contributed by atoms with van der Waals surface area (Å²) in [6.45, 7) is -1.27. The summed E-state index contributed by atoms with van der Waals surface area (Å²) in [5.74, 6) is 0.394. The normalized spacial score (nSPS) is 13.4. The Morgan fingerprint density at radius 1 is 1.33 bits per heavy atom. The van der Waals surface area contributed by atoms with Crippen LogP contribution in [0.2, 0.25) is 0 Å². The Morgan fingerprint density at radius 2 is 2.05 bits per heavy atom. The third-order valence-corrected chi connectivity index (χ3v) is 4.54. The van der Waals surface area contributed by atoms with E-state index in [1.54, 1.807) is 13.0 Å². The van der Waals surface area contributed by atoms with Crippen LogP contribution in [0.15, 0.2) is 24.3 Å². The maximum atomic E-state index is 12.2. The van der Waals surface area contributed by atoms with Gasteiger partial charge in [-0.2, -0.15) is 8.78 Å². The summed E-state index contributed by atoms with van der Waals surface area (Å²) in [6.07, 6.45) is 1.09. The van der Waals surface area contributed by atoms with Gasteiger partial charge in [0.1, 0.15) is 5.75 Å². The maximum Gasteiger partial charge on any atom is 0.387 e. The van der Waals surface area contributed by atoms with Gasteiger partial charge in [-0.25, -0.2) is 13.1 Å². The van der Waals surface area contributed by atoms with Gasteiger partial charge in [0.25, 0.3) is 0 Å². The molecule has 0 heterocycles. The van der Waals surface area contributed by atoms with Crippen molar-refractivity contribution in [3.05, 3.63) is 29.8 Å². The summed E-state index contributed by atoms with van der Waals surface area (Å²) >= 11 is 5.50. The molecule has 0 fully saturated rings. The molecule has 0 saturated heterocycles. The molecular weight excluding hydrogens is 324 g/mol. The Labute approximate surface area is 128 Å². The zero-order valence-electron chi connectivity index (χ0n) is 11.6. The van der Waals surface area contributed by atoms with Crippen molar-refractivity contribution in [2.24, 2.45) is 0 Å². The van der Waals surface area contributed by atoms with Gasteiger partial charge in [-0.1, -0.05) is 12.1 Å². The van der Waals surface area contributed by atoms with Crippen molar-refractivity contribution in [3.8, 4) is 5.75 Å².